The van der Waals surface area contributed by atoms with E-state index in [4.69, 9.17) is 0 Å². The van der Waals surface area contributed by atoms with Crippen LogP contribution in [0.4, 0.5) is 10.1 Å². The van der Waals surface area contributed by atoms with Crippen LogP contribution < -0.4 is 10.0 Å². The maximum atomic E-state index is 13.8. The fourth-order valence-corrected chi connectivity index (χ4v) is 3.69. The van der Waals surface area contributed by atoms with Crippen molar-refractivity contribution in [3.8, 4) is 0 Å². The molecular weight excluding hydrogens is 311 g/mol. The number of hydrogen-bond acceptors (Lipinski definition) is 4. The van der Waals surface area contributed by atoms with E-state index >= 15 is 0 Å². The van der Waals surface area contributed by atoms with Crippen molar-refractivity contribution < 1.29 is 12.8 Å². The molecule has 21 heavy (non-hydrogen) atoms. The second-order valence-electron chi connectivity index (χ2n) is 5.03. The predicted octanol–water partition coefficient (Wildman–Crippen LogP) is 2.94. The van der Waals surface area contributed by atoms with Gasteiger partial charge in [0.15, 0.2) is 0 Å². The molecule has 0 atom stereocenters. The van der Waals surface area contributed by atoms with Crippen LogP contribution in [-0.2, 0) is 16.6 Å². The van der Waals surface area contributed by atoms with Gasteiger partial charge in [-0.15, -0.1) is 0 Å². The van der Waals surface area contributed by atoms with Gasteiger partial charge in [0.25, 0.3) is 10.0 Å². The molecule has 7 heteroatoms. The van der Waals surface area contributed by atoms with Crippen molar-refractivity contribution in [3.63, 3.8) is 0 Å². The summed E-state index contributed by atoms with van der Waals surface area (Å²) in [6, 6.07) is 5.99. The molecule has 2 N–H and O–H groups in total. The second-order valence-corrected chi connectivity index (χ2v) is 7.49. The summed E-state index contributed by atoms with van der Waals surface area (Å²) >= 11 is 1.40. The van der Waals surface area contributed by atoms with E-state index in [1.54, 1.807) is 16.8 Å². The molecule has 0 saturated heterocycles. The summed E-state index contributed by atoms with van der Waals surface area (Å²) in [4.78, 5) is 0.0719. The number of benzene rings is 1. The minimum absolute atomic E-state index is 0.0719. The number of anilines is 1. The third-order valence-corrected chi connectivity index (χ3v) is 5.32. The van der Waals surface area contributed by atoms with Crippen molar-refractivity contribution in [1.82, 2.24) is 5.32 Å². The first-order valence-corrected chi connectivity index (χ1v) is 9.04. The molecule has 3 rings (SSSR count). The average Bonchev–Trinajstić information content (AvgIpc) is 3.14. The fraction of sp³-hybridized carbons (Fsp3) is 0.286. The zero-order chi connectivity index (χ0) is 14.9. The third kappa shape index (κ3) is 3.61. The van der Waals surface area contributed by atoms with Gasteiger partial charge < -0.3 is 5.32 Å². The van der Waals surface area contributed by atoms with E-state index in [1.807, 2.05) is 0 Å². The zero-order valence-electron chi connectivity index (χ0n) is 11.2. The quantitative estimate of drug-likeness (QED) is 0.858. The monoisotopic (exact) mass is 326 g/mol. The number of halogens is 1. The Bertz CT molecular complexity index is 725. The summed E-state index contributed by atoms with van der Waals surface area (Å²) in [5.41, 5.74) is 0.886. The number of hydrogen-bond donors (Lipinski definition) is 2. The maximum Gasteiger partial charge on any atom is 0.261 e. The molecule has 0 unspecified atom stereocenters. The molecule has 1 aliphatic rings. The molecule has 1 aromatic heterocycles. The number of nitrogens with one attached hydrogen (secondary N) is 2. The van der Waals surface area contributed by atoms with E-state index in [2.05, 4.69) is 10.0 Å². The Labute approximate surface area is 127 Å². The largest absolute Gasteiger partial charge is 0.310 e. The van der Waals surface area contributed by atoms with Gasteiger partial charge in [0.1, 0.15) is 5.82 Å². The normalized spacial score (nSPS) is 15.1. The van der Waals surface area contributed by atoms with Gasteiger partial charge in [-0.05, 0) is 42.5 Å². The Morgan fingerprint density at radius 1 is 1.29 bits per heavy atom. The molecule has 1 saturated carbocycles. The lowest BCUT2D eigenvalue weighted by atomic mass is 10.2. The first-order valence-electron chi connectivity index (χ1n) is 6.61. The summed E-state index contributed by atoms with van der Waals surface area (Å²) in [6.07, 6.45) is 2.19. The summed E-state index contributed by atoms with van der Waals surface area (Å²) < 4.78 is 40.8. The van der Waals surface area contributed by atoms with E-state index in [1.165, 1.54) is 29.5 Å². The molecule has 0 amide bonds. The standard InChI is InChI=1S/C14H15FN2O2S2/c15-14-4-3-13(7-10(14)8-16-11-1-2-11)21(18,19)17-12-5-6-20-9-12/h3-7,9,11,16-17H,1-2,8H2. The minimum atomic E-state index is -3.68. The highest BCUT2D eigenvalue weighted by molar-refractivity contribution is 7.92. The molecule has 2 aromatic rings. The average molecular weight is 326 g/mol. The van der Waals surface area contributed by atoms with Gasteiger partial charge in [-0.1, -0.05) is 0 Å². The highest BCUT2D eigenvalue weighted by Crippen LogP contribution is 2.22. The Balaban J connectivity index is 1.81. The van der Waals surface area contributed by atoms with Crippen molar-refractivity contribution in [2.24, 2.45) is 0 Å². The number of sulfonamides is 1. The number of thiophene rings is 1. The van der Waals surface area contributed by atoms with Crippen molar-refractivity contribution in [1.29, 1.82) is 0 Å². The van der Waals surface area contributed by atoms with Crippen LogP contribution in [0, 0.1) is 5.82 Å². The van der Waals surface area contributed by atoms with E-state index in [-0.39, 0.29) is 4.90 Å². The van der Waals surface area contributed by atoms with E-state index in [0.717, 1.165) is 12.8 Å². The van der Waals surface area contributed by atoms with Crippen LogP contribution in [0.2, 0.25) is 0 Å². The highest BCUT2D eigenvalue weighted by Gasteiger charge is 2.21. The molecule has 1 fully saturated rings. The van der Waals surface area contributed by atoms with Gasteiger partial charge in [0, 0.05) is 23.5 Å². The Morgan fingerprint density at radius 3 is 2.76 bits per heavy atom. The van der Waals surface area contributed by atoms with E-state index < -0.39 is 15.8 Å². The zero-order valence-corrected chi connectivity index (χ0v) is 12.8. The minimum Gasteiger partial charge on any atom is -0.310 e. The smallest absolute Gasteiger partial charge is 0.261 e. The first-order chi connectivity index (χ1) is 10.0. The van der Waals surface area contributed by atoms with Gasteiger partial charge in [-0.25, -0.2) is 12.8 Å². The Hall–Kier alpha value is -1.44. The van der Waals surface area contributed by atoms with Gasteiger partial charge in [-0.2, -0.15) is 11.3 Å². The maximum absolute atomic E-state index is 13.8. The topological polar surface area (TPSA) is 58.2 Å². The predicted molar refractivity (Wildman–Crippen MR) is 81.4 cm³/mol. The lowest BCUT2D eigenvalue weighted by Crippen LogP contribution is -2.18. The molecule has 0 radical (unpaired) electrons. The fourth-order valence-electron chi connectivity index (χ4n) is 1.93. The molecule has 0 bridgehead atoms. The van der Waals surface area contributed by atoms with E-state index in [0.29, 0.717) is 23.8 Å². The summed E-state index contributed by atoms with van der Waals surface area (Å²) in [5.74, 6) is -0.391. The van der Waals surface area contributed by atoms with Gasteiger partial charge in [0.05, 0.1) is 10.6 Å². The molecule has 1 aliphatic carbocycles. The Kier molecular flexibility index (Phi) is 3.97. The molecular formula is C14H15FN2O2S2. The third-order valence-electron chi connectivity index (χ3n) is 3.26. The Morgan fingerprint density at radius 2 is 2.10 bits per heavy atom. The molecule has 112 valence electrons. The van der Waals surface area contributed by atoms with E-state index in [9.17, 15) is 12.8 Å². The van der Waals surface area contributed by atoms with Crippen LogP contribution in [0.5, 0.6) is 0 Å². The molecule has 0 aliphatic heterocycles. The lowest BCUT2D eigenvalue weighted by Gasteiger charge is -2.10. The summed E-state index contributed by atoms with van der Waals surface area (Å²) in [7, 11) is -3.68. The van der Waals surface area contributed by atoms with Crippen LogP contribution in [0.1, 0.15) is 18.4 Å². The first kappa shape index (κ1) is 14.5. The van der Waals surface area contributed by atoms with Gasteiger partial charge in [0.2, 0.25) is 0 Å². The number of rotatable bonds is 6. The van der Waals surface area contributed by atoms with Gasteiger partial charge >= 0.3 is 0 Å². The van der Waals surface area contributed by atoms with Crippen LogP contribution in [0.3, 0.4) is 0 Å². The summed E-state index contributed by atoms with van der Waals surface area (Å²) in [6.45, 7) is 0.346. The van der Waals surface area contributed by atoms with Crippen LogP contribution in [-0.4, -0.2) is 14.5 Å². The molecule has 1 heterocycles. The second kappa shape index (κ2) is 5.75. The van der Waals surface area contributed by atoms with Crippen LogP contribution in [0.15, 0.2) is 39.9 Å². The van der Waals surface area contributed by atoms with Crippen LogP contribution >= 0.6 is 11.3 Å². The molecule has 1 aromatic carbocycles. The van der Waals surface area contributed by atoms with Crippen molar-refractivity contribution >= 4 is 27.0 Å². The molecule has 4 nitrogen and oxygen atoms in total. The van der Waals surface area contributed by atoms with Crippen molar-refractivity contribution in [2.45, 2.75) is 30.3 Å². The van der Waals surface area contributed by atoms with Crippen molar-refractivity contribution in [3.05, 3.63) is 46.4 Å². The summed E-state index contributed by atoms with van der Waals surface area (Å²) in [5, 5.41) is 6.67. The lowest BCUT2D eigenvalue weighted by molar-refractivity contribution is 0.581. The van der Waals surface area contributed by atoms with Crippen molar-refractivity contribution in [2.75, 3.05) is 4.72 Å². The SMILES string of the molecule is O=S(=O)(Nc1ccsc1)c1ccc(F)c(CNC2CC2)c1. The molecule has 0 spiro atoms. The van der Waals surface area contributed by atoms with Gasteiger partial charge in [-0.3, -0.25) is 4.72 Å². The highest BCUT2D eigenvalue weighted by atomic mass is 32.2. The van der Waals surface area contributed by atoms with Crippen LogP contribution in [0.25, 0.3) is 0 Å².